The zero-order valence-electron chi connectivity index (χ0n) is 14.9. The molecule has 0 radical (unpaired) electrons. The van der Waals surface area contributed by atoms with Gasteiger partial charge in [-0.3, -0.25) is 9.59 Å². The molecule has 1 aliphatic heterocycles. The predicted octanol–water partition coefficient (Wildman–Crippen LogP) is 3.44. The molecular weight excluding hydrogens is 360 g/mol. The zero-order valence-corrected chi connectivity index (χ0v) is 14.9. The van der Waals surface area contributed by atoms with Crippen molar-refractivity contribution < 1.29 is 23.5 Å². The molecular formula is C21H16N2O5. The first-order valence-electron chi connectivity index (χ1n) is 8.86. The number of para-hydroxylation sites is 2. The van der Waals surface area contributed by atoms with Crippen LogP contribution in [0.5, 0.6) is 11.5 Å². The van der Waals surface area contributed by atoms with Gasteiger partial charge < -0.3 is 13.9 Å². The Labute approximate surface area is 160 Å². The molecule has 1 atom stereocenters. The van der Waals surface area contributed by atoms with E-state index in [2.05, 4.69) is 4.98 Å². The van der Waals surface area contributed by atoms with Crippen LogP contribution in [0.3, 0.4) is 0 Å². The largest absolute Gasteiger partial charge is 0.486 e. The summed E-state index contributed by atoms with van der Waals surface area (Å²) in [6, 6.07) is 13.9. The quantitative estimate of drug-likeness (QED) is 0.607. The number of hydrogen-bond acceptors (Lipinski definition) is 7. The van der Waals surface area contributed by atoms with Gasteiger partial charge in [0, 0.05) is 18.4 Å². The van der Waals surface area contributed by atoms with Crippen LogP contribution in [0.15, 0.2) is 46.9 Å². The van der Waals surface area contributed by atoms with Gasteiger partial charge in [0.2, 0.25) is 5.89 Å². The third kappa shape index (κ3) is 3.45. The van der Waals surface area contributed by atoms with Crippen LogP contribution in [0.1, 0.15) is 35.0 Å². The van der Waals surface area contributed by atoms with Gasteiger partial charge in [-0.15, -0.1) is 0 Å². The van der Waals surface area contributed by atoms with E-state index in [4.69, 9.17) is 13.9 Å². The van der Waals surface area contributed by atoms with Gasteiger partial charge in [-0.2, -0.15) is 5.26 Å². The van der Waals surface area contributed by atoms with Crippen molar-refractivity contribution in [2.45, 2.75) is 18.8 Å². The smallest absolute Gasteiger partial charge is 0.220 e. The van der Waals surface area contributed by atoms with Crippen molar-refractivity contribution >= 4 is 22.7 Å². The van der Waals surface area contributed by atoms with E-state index < -0.39 is 11.7 Å². The van der Waals surface area contributed by atoms with E-state index in [0.717, 1.165) is 0 Å². The summed E-state index contributed by atoms with van der Waals surface area (Å²) in [7, 11) is 0. The van der Waals surface area contributed by atoms with Crippen molar-refractivity contribution in [3.63, 3.8) is 0 Å². The number of carbonyl (C=O) groups excluding carboxylic acids is 2. The van der Waals surface area contributed by atoms with Crippen LogP contribution >= 0.6 is 0 Å². The van der Waals surface area contributed by atoms with Crippen LogP contribution in [-0.4, -0.2) is 29.8 Å². The number of benzene rings is 2. The maximum absolute atomic E-state index is 12.5. The number of aromatic nitrogens is 1. The number of fused-ring (bicyclic) bond motifs is 2. The number of nitriles is 1. The van der Waals surface area contributed by atoms with Gasteiger partial charge in [0.25, 0.3) is 0 Å². The van der Waals surface area contributed by atoms with Gasteiger partial charge >= 0.3 is 0 Å². The fraction of sp³-hybridized carbons (Fsp3) is 0.238. The van der Waals surface area contributed by atoms with E-state index >= 15 is 0 Å². The van der Waals surface area contributed by atoms with Crippen LogP contribution in [0.25, 0.3) is 11.1 Å². The SMILES string of the molecule is N#CC(C(=O)CCC(=O)c1ccc2c(c1)OCCO2)c1nc2ccccc2o1. The van der Waals surface area contributed by atoms with Crippen LogP contribution < -0.4 is 9.47 Å². The zero-order chi connectivity index (χ0) is 19.5. The van der Waals surface area contributed by atoms with Gasteiger partial charge in [0.15, 0.2) is 34.6 Å². The third-order valence-electron chi connectivity index (χ3n) is 4.47. The summed E-state index contributed by atoms with van der Waals surface area (Å²) >= 11 is 0. The lowest BCUT2D eigenvalue weighted by Gasteiger charge is -2.18. The first kappa shape index (κ1) is 17.7. The normalized spacial score (nSPS) is 13.7. The number of hydrogen-bond donors (Lipinski definition) is 0. The van der Waals surface area contributed by atoms with E-state index in [1.54, 1.807) is 42.5 Å². The van der Waals surface area contributed by atoms with Gasteiger partial charge in [-0.1, -0.05) is 12.1 Å². The molecule has 1 unspecified atom stereocenters. The molecule has 7 nitrogen and oxygen atoms in total. The van der Waals surface area contributed by atoms with E-state index in [1.807, 2.05) is 6.07 Å². The minimum atomic E-state index is -1.14. The summed E-state index contributed by atoms with van der Waals surface area (Å²) < 4.78 is 16.4. The lowest BCUT2D eigenvalue weighted by atomic mass is 9.98. The van der Waals surface area contributed by atoms with Crippen molar-refractivity contribution in [3.05, 3.63) is 53.9 Å². The number of ether oxygens (including phenoxy) is 2. The molecule has 4 rings (SSSR count). The molecule has 0 saturated heterocycles. The van der Waals surface area contributed by atoms with Crippen molar-refractivity contribution in [1.82, 2.24) is 4.98 Å². The molecule has 0 saturated carbocycles. The number of Topliss-reactive ketones (excluding diaryl/α,β-unsaturated/α-hetero) is 2. The number of nitrogens with zero attached hydrogens (tertiary/aromatic N) is 2. The first-order valence-corrected chi connectivity index (χ1v) is 8.86. The molecule has 0 fully saturated rings. The lowest BCUT2D eigenvalue weighted by Crippen LogP contribution is -2.16. The number of carbonyl (C=O) groups is 2. The van der Waals surface area contributed by atoms with Crippen molar-refractivity contribution in [1.29, 1.82) is 5.26 Å². The minimum Gasteiger partial charge on any atom is -0.486 e. The van der Waals surface area contributed by atoms with E-state index in [0.29, 0.717) is 41.4 Å². The molecule has 2 aromatic carbocycles. The van der Waals surface area contributed by atoms with Gasteiger partial charge in [-0.05, 0) is 30.3 Å². The molecule has 28 heavy (non-hydrogen) atoms. The van der Waals surface area contributed by atoms with Crippen LogP contribution in [0.2, 0.25) is 0 Å². The average molecular weight is 376 g/mol. The summed E-state index contributed by atoms with van der Waals surface area (Å²) in [5.74, 6) is -0.579. The minimum absolute atomic E-state index is 0.0170. The third-order valence-corrected chi connectivity index (χ3v) is 4.47. The van der Waals surface area contributed by atoms with E-state index in [9.17, 15) is 14.9 Å². The number of oxazole rings is 1. The van der Waals surface area contributed by atoms with E-state index in [1.165, 1.54) is 0 Å². The Morgan fingerprint density at radius 3 is 2.64 bits per heavy atom. The predicted molar refractivity (Wildman–Crippen MR) is 98.4 cm³/mol. The molecule has 2 heterocycles. The Morgan fingerprint density at radius 2 is 1.86 bits per heavy atom. The Balaban J connectivity index is 1.44. The lowest BCUT2D eigenvalue weighted by molar-refractivity contribution is -0.119. The summed E-state index contributed by atoms with van der Waals surface area (Å²) in [4.78, 5) is 29.2. The van der Waals surface area contributed by atoms with Crippen molar-refractivity contribution in [2.24, 2.45) is 0 Å². The Bertz CT molecular complexity index is 1060. The Morgan fingerprint density at radius 1 is 1.07 bits per heavy atom. The Hall–Kier alpha value is -3.66. The summed E-state index contributed by atoms with van der Waals surface area (Å²) in [5, 5.41) is 9.40. The molecule has 0 N–H and O–H groups in total. The highest BCUT2D eigenvalue weighted by molar-refractivity contribution is 5.99. The highest BCUT2D eigenvalue weighted by Crippen LogP contribution is 2.31. The highest BCUT2D eigenvalue weighted by Gasteiger charge is 2.26. The second-order valence-electron chi connectivity index (χ2n) is 6.33. The van der Waals surface area contributed by atoms with Gasteiger partial charge in [-0.25, -0.2) is 4.98 Å². The number of rotatable bonds is 6. The number of ketones is 2. The average Bonchev–Trinajstić information content (AvgIpc) is 3.15. The summed E-state index contributed by atoms with van der Waals surface area (Å²) in [6.45, 7) is 0.900. The maximum Gasteiger partial charge on any atom is 0.220 e. The topological polar surface area (TPSA) is 102 Å². The van der Waals surface area contributed by atoms with Crippen LogP contribution in [0, 0.1) is 11.3 Å². The van der Waals surface area contributed by atoms with Crippen molar-refractivity contribution in [3.8, 4) is 17.6 Å². The van der Waals surface area contributed by atoms with Crippen LogP contribution in [0.4, 0.5) is 0 Å². The fourth-order valence-corrected chi connectivity index (χ4v) is 3.02. The maximum atomic E-state index is 12.5. The van der Waals surface area contributed by atoms with Crippen LogP contribution in [-0.2, 0) is 4.79 Å². The standard InChI is InChI=1S/C21H16N2O5/c22-12-14(21-23-15-3-1-2-4-18(15)28-21)17(25)7-6-16(24)13-5-8-19-20(11-13)27-10-9-26-19/h1-5,8,11,14H,6-7,9-10H2. The fourth-order valence-electron chi connectivity index (χ4n) is 3.02. The first-order chi connectivity index (χ1) is 13.7. The summed E-state index contributed by atoms with van der Waals surface area (Å²) in [6.07, 6.45) is -0.0961. The van der Waals surface area contributed by atoms with Gasteiger partial charge in [0.05, 0.1) is 6.07 Å². The molecule has 0 spiro atoms. The van der Waals surface area contributed by atoms with Gasteiger partial charge in [0.1, 0.15) is 18.7 Å². The monoisotopic (exact) mass is 376 g/mol. The molecule has 0 bridgehead atoms. The van der Waals surface area contributed by atoms with E-state index in [-0.39, 0.29) is 24.5 Å². The molecule has 0 aliphatic carbocycles. The second-order valence-corrected chi connectivity index (χ2v) is 6.33. The molecule has 7 heteroatoms. The second kappa shape index (κ2) is 7.53. The molecule has 0 amide bonds. The molecule has 140 valence electrons. The van der Waals surface area contributed by atoms with Crippen molar-refractivity contribution in [2.75, 3.05) is 13.2 Å². The molecule has 1 aliphatic rings. The molecule has 1 aromatic heterocycles. The summed E-state index contributed by atoms with van der Waals surface area (Å²) in [5.41, 5.74) is 1.53. The highest BCUT2D eigenvalue weighted by atomic mass is 16.6. The molecule has 3 aromatic rings. The Kier molecular flexibility index (Phi) is 4.77.